The van der Waals surface area contributed by atoms with E-state index in [1.807, 2.05) is 6.92 Å². The van der Waals surface area contributed by atoms with Gasteiger partial charge in [0.1, 0.15) is 0 Å². The molecule has 4 nitrogen and oxygen atoms in total. The van der Waals surface area contributed by atoms with Crippen LogP contribution in [0.25, 0.3) is 0 Å². The van der Waals surface area contributed by atoms with Gasteiger partial charge in [0.25, 0.3) is 0 Å². The topological polar surface area (TPSA) is 61.4 Å². The molecule has 1 aliphatic heterocycles. The number of nitrogens with one attached hydrogen (secondary N) is 2. The molecule has 1 saturated heterocycles. The monoisotopic (exact) mass is 200 g/mol. The molecule has 0 bridgehead atoms. The molecular weight excluding hydrogens is 180 g/mol. The summed E-state index contributed by atoms with van der Waals surface area (Å²) in [5.74, 6) is 0.118. The van der Waals surface area contributed by atoms with Crippen molar-refractivity contribution < 1.29 is 9.90 Å². The van der Waals surface area contributed by atoms with Crippen molar-refractivity contribution >= 4 is 5.91 Å². The quantitative estimate of drug-likeness (QED) is 0.599. The summed E-state index contributed by atoms with van der Waals surface area (Å²) in [6.07, 6.45) is 3.46. The maximum atomic E-state index is 11.2. The van der Waals surface area contributed by atoms with E-state index >= 15 is 0 Å². The van der Waals surface area contributed by atoms with Crippen molar-refractivity contribution in [1.82, 2.24) is 10.6 Å². The summed E-state index contributed by atoms with van der Waals surface area (Å²) in [6, 6.07) is 0.362. The fourth-order valence-electron chi connectivity index (χ4n) is 1.75. The second-order valence-corrected chi connectivity index (χ2v) is 3.85. The van der Waals surface area contributed by atoms with Gasteiger partial charge in [-0.25, -0.2) is 0 Å². The molecule has 3 N–H and O–H groups in total. The van der Waals surface area contributed by atoms with Crippen LogP contribution in [-0.4, -0.2) is 36.2 Å². The second-order valence-electron chi connectivity index (χ2n) is 3.85. The Morgan fingerprint density at radius 2 is 2.50 bits per heavy atom. The van der Waals surface area contributed by atoms with Gasteiger partial charge < -0.3 is 15.7 Å². The Hall–Kier alpha value is -0.610. The van der Waals surface area contributed by atoms with Crippen LogP contribution in [0.2, 0.25) is 0 Å². The highest BCUT2D eigenvalue weighted by Gasteiger charge is 2.19. The number of carbonyl (C=O) groups is 1. The van der Waals surface area contributed by atoms with Crippen LogP contribution in [0.15, 0.2) is 0 Å². The van der Waals surface area contributed by atoms with E-state index in [0.29, 0.717) is 6.42 Å². The van der Waals surface area contributed by atoms with Gasteiger partial charge in [0.05, 0.1) is 6.61 Å². The van der Waals surface area contributed by atoms with Crippen molar-refractivity contribution in [2.45, 2.75) is 44.7 Å². The number of hydrogen-bond donors (Lipinski definition) is 3. The molecule has 1 heterocycles. The summed E-state index contributed by atoms with van der Waals surface area (Å²) in [5.41, 5.74) is 0. The highest BCUT2D eigenvalue weighted by Crippen LogP contribution is 2.07. The van der Waals surface area contributed by atoms with E-state index in [0.717, 1.165) is 25.8 Å². The summed E-state index contributed by atoms with van der Waals surface area (Å²) in [7, 11) is 0. The molecule has 0 aromatic heterocycles. The summed E-state index contributed by atoms with van der Waals surface area (Å²) >= 11 is 0. The Kier molecular flexibility index (Phi) is 4.90. The molecule has 1 amide bonds. The standard InChI is InChI=1S/C10H20N2O2/c1-2-8(7-13)12-9-4-3-5-11-10(14)6-9/h8-9,12-13H,2-7H2,1H3,(H,11,14). The largest absolute Gasteiger partial charge is 0.395 e. The molecule has 0 saturated carbocycles. The molecule has 1 fully saturated rings. The van der Waals surface area contributed by atoms with Crippen LogP contribution in [0.1, 0.15) is 32.6 Å². The maximum Gasteiger partial charge on any atom is 0.221 e. The van der Waals surface area contributed by atoms with Gasteiger partial charge in [-0.3, -0.25) is 4.79 Å². The molecule has 4 heteroatoms. The van der Waals surface area contributed by atoms with Crippen LogP contribution in [0.3, 0.4) is 0 Å². The Morgan fingerprint density at radius 3 is 3.14 bits per heavy atom. The molecule has 0 radical (unpaired) electrons. The first kappa shape index (κ1) is 11.5. The van der Waals surface area contributed by atoms with Gasteiger partial charge in [0.15, 0.2) is 0 Å². The molecule has 2 atom stereocenters. The van der Waals surface area contributed by atoms with Crippen molar-refractivity contribution in [3.63, 3.8) is 0 Å². The predicted molar refractivity (Wildman–Crippen MR) is 54.9 cm³/mol. The van der Waals surface area contributed by atoms with Gasteiger partial charge >= 0.3 is 0 Å². The van der Waals surface area contributed by atoms with E-state index in [1.165, 1.54) is 0 Å². The highest BCUT2D eigenvalue weighted by atomic mass is 16.3. The maximum absolute atomic E-state index is 11.2. The lowest BCUT2D eigenvalue weighted by Crippen LogP contribution is -2.41. The van der Waals surface area contributed by atoms with Crippen molar-refractivity contribution in [1.29, 1.82) is 0 Å². The minimum Gasteiger partial charge on any atom is -0.395 e. The van der Waals surface area contributed by atoms with Crippen molar-refractivity contribution in [2.24, 2.45) is 0 Å². The second kappa shape index (κ2) is 5.98. The third kappa shape index (κ3) is 3.64. The zero-order chi connectivity index (χ0) is 10.4. The Morgan fingerprint density at radius 1 is 1.71 bits per heavy atom. The SMILES string of the molecule is CCC(CO)NC1CCCNC(=O)C1. The van der Waals surface area contributed by atoms with Gasteiger partial charge in [-0.1, -0.05) is 6.92 Å². The average Bonchev–Trinajstić information content (AvgIpc) is 2.39. The summed E-state index contributed by atoms with van der Waals surface area (Å²) in [5, 5.41) is 15.2. The molecule has 82 valence electrons. The van der Waals surface area contributed by atoms with E-state index in [4.69, 9.17) is 5.11 Å². The van der Waals surface area contributed by atoms with Gasteiger partial charge in [0.2, 0.25) is 5.91 Å². The number of carbonyl (C=O) groups excluding carboxylic acids is 1. The number of rotatable bonds is 4. The molecule has 14 heavy (non-hydrogen) atoms. The molecule has 1 rings (SSSR count). The fourth-order valence-corrected chi connectivity index (χ4v) is 1.75. The Balaban J connectivity index is 2.37. The number of aliphatic hydroxyl groups is 1. The Bertz CT molecular complexity index is 181. The van der Waals surface area contributed by atoms with Crippen LogP contribution < -0.4 is 10.6 Å². The van der Waals surface area contributed by atoms with Crippen LogP contribution in [-0.2, 0) is 4.79 Å². The van der Waals surface area contributed by atoms with E-state index in [1.54, 1.807) is 0 Å². The van der Waals surface area contributed by atoms with Crippen molar-refractivity contribution in [3.05, 3.63) is 0 Å². The van der Waals surface area contributed by atoms with Gasteiger partial charge in [-0.2, -0.15) is 0 Å². The fraction of sp³-hybridized carbons (Fsp3) is 0.900. The normalized spacial score (nSPS) is 25.3. The molecule has 0 aromatic carbocycles. The summed E-state index contributed by atoms with van der Waals surface area (Å²) in [6.45, 7) is 2.96. The molecule has 1 aliphatic rings. The molecule has 0 spiro atoms. The van der Waals surface area contributed by atoms with Gasteiger partial charge in [-0.05, 0) is 19.3 Å². The third-order valence-corrected chi connectivity index (χ3v) is 2.67. The number of amides is 1. The first-order valence-corrected chi connectivity index (χ1v) is 5.39. The number of aliphatic hydroxyl groups excluding tert-OH is 1. The molecule has 0 aromatic rings. The first-order valence-electron chi connectivity index (χ1n) is 5.39. The zero-order valence-electron chi connectivity index (χ0n) is 8.75. The van der Waals surface area contributed by atoms with Gasteiger partial charge in [-0.15, -0.1) is 0 Å². The molecule has 0 aliphatic carbocycles. The average molecular weight is 200 g/mol. The van der Waals surface area contributed by atoms with Crippen LogP contribution in [0, 0.1) is 0 Å². The Labute approximate surface area is 85.1 Å². The van der Waals surface area contributed by atoms with Crippen LogP contribution in [0.4, 0.5) is 0 Å². The molecular formula is C10H20N2O2. The van der Waals surface area contributed by atoms with E-state index in [-0.39, 0.29) is 24.6 Å². The van der Waals surface area contributed by atoms with E-state index in [9.17, 15) is 4.79 Å². The van der Waals surface area contributed by atoms with Crippen molar-refractivity contribution in [2.75, 3.05) is 13.2 Å². The smallest absolute Gasteiger partial charge is 0.221 e. The molecule has 2 unspecified atom stereocenters. The summed E-state index contributed by atoms with van der Waals surface area (Å²) in [4.78, 5) is 11.2. The minimum absolute atomic E-state index is 0.118. The predicted octanol–water partition coefficient (Wildman–Crippen LogP) is 0.0156. The first-order chi connectivity index (χ1) is 6.76. The van der Waals surface area contributed by atoms with Crippen LogP contribution >= 0.6 is 0 Å². The van der Waals surface area contributed by atoms with E-state index in [2.05, 4.69) is 10.6 Å². The van der Waals surface area contributed by atoms with Crippen molar-refractivity contribution in [3.8, 4) is 0 Å². The minimum atomic E-state index is 0.118. The zero-order valence-corrected chi connectivity index (χ0v) is 8.75. The van der Waals surface area contributed by atoms with Gasteiger partial charge in [0, 0.05) is 25.0 Å². The summed E-state index contributed by atoms with van der Waals surface area (Å²) < 4.78 is 0. The van der Waals surface area contributed by atoms with E-state index < -0.39 is 0 Å². The third-order valence-electron chi connectivity index (χ3n) is 2.67. The lowest BCUT2D eigenvalue weighted by atomic mass is 10.1. The number of hydrogen-bond acceptors (Lipinski definition) is 3. The highest BCUT2D eigenvalue weighted by molar-refractivity contribution is 5.76. The lowest BCUT2D eigenvalue weighted by Gasteiger charge is -2.21. The van der Waals surface area contributed by atoms with Crippen LogP contribution in [0.5, 0.6) is 0 Å². The lowest BCUT2D eigenvalue weighted by molar-refractivity contribution is -0.121.